The first-order valence-corrected chi connectivity index (χ1v) is 6.61. The summed E-state index contributed by atoms with van der Waals surface area (Å²) >= 11 is 0. The van der Waals surface area contributed by atoms with Gasteiger partial charge in [0, 0.05) is 32.7 Å². The largest absolute Gasteiger partial charge is 0.314 e. The molecule has 0 amide bonds. The van der Waals surface area contributed by atoms with Crippen LogP contribution in [0.1, 0.15) is 5.56 Å². The van der Waals surface area contributed by atoms with Crippen LogP contribution in [0.2, 0.25) is 0 Å². The summed E-state index contributed by atoms with van der Waals surface area (Å²) < 4.78 is 13.5. The minimum atomic E-state index is -0.0897. The van der Waals surface area contributed by atoms with Crippen molar-refractivity contribution in [1.29, 1.82) is 0 Å². The molecule has 1 heterocycles. The first-order chi connectivity index (χ1) is 8.75. The lowest BCUT2D eigenvalue weighted by molar-refractivity contribution is 0.140. The summed E-state index contributed by atoms with van der Waals surface area (Å²) in [7, 11) is 2.10. The van der Waals surface area contributed by atoms with Crippen LogP contribution in [0.3, 0.4) is 0 Å². The fourth-order valence-electron chi connectivity index (χ4n) is 2.28. The molecule has 0 unspecified atom stereocenters. The van der Waals surface area contributed by atoms with Gasteiger partial charge in [0.25, 0.3) is 0 Å². The number of nitrogens with one attached hydrogen (secondary N) is 1. The lowest BCUT2D eigenvalue weighted by Gasteiger charge is -2.31. The highest BCUT2D eigenvalue weighted by Crippen LogP contribution is 2.07. The van der Waals surface area contributed by atoms with Gasteiger partial charge in [0.1, 0.15) is 5.82 Å². The van der Waals surface area contributed by atoms with Crippen LogP contribution in [0.5, 0.6) is 0 Å². The van der Waals surface area contributed by atoms with Crippen molar-refractivity contribution in [2.24, 2.45) is 0 Å². The van der Waals surface area contributed by atoms with E-state index in [9.17, 15) is 4.39 Å². The topological polar surface area (TPSA) is 18.5 Å². The Kier molecular flexibility index (Phi) is 5.11. The summed E-state index contributed by atoms with van der Waals surface area (Å²) in [5, 5.41) is 3.34. The third-order valence-corrected chi connectivity index (χ3v) is 3.37. The predicted octanol–water partition coefficient (Wildman–Crippen LogP) is 1.16. The SMILES string of the molecule is CN(CCc1ccccc1F)CN1CCNCC1. The lowest BCUT2D eigenvalue weighted by Crippen LogP contribution is -2.47. The van der Waals surface area contributed by atoms with Crippen molar-refractivity contribution in [2.45, 2.75) is 6.42 Å². The van der Waals surface area contributed by atoms with Crippen molar-refractivity contribution in [3.8, 4) is 0 Å². The Morgan fingerprint density at radius 3 is 2.72 bits per heavy atom. The van der Waals surface area contributed by atoms with Gasteiger partial charge >= 0.3 is 0 Å². The van der Waals surface area contributed by atoms with Crippen molar-refractivity contribution >= 4 is 0 Å². The van der Waals surface area contributed by atoms with Gasteiger partial charge in [-0.05, 0) is 25.1 Å². The fraction of sp³-hybridized carbons (Fsp3) is 0.571. The zero-order chi connectivity index (χ0) is 12.8. The molecule has 4 heteroatoms. The Labute approximate surface area is 109 Å². The summed E-state index contributed by atoms with van der Waals surface area (Å²) in [6.07, 6.45) is 0.773. The second kappa shape index (κ2) is 6.83. The maximum absolute atomic E-state index is 13.5. The number of rotatable bonds is 5. The molecule has 1 fully saturated rings. The van der Waals surface area contributed by atoms with Gasteiger partial charge < -0.3 is 5.32 Å². The molecule has 0 aromatic heterocycles. The quantitative estimate of drug-likeness (QED) is 0.847. The number of piperazine rings is 1. The molecular weight excluding hydrogens is 229 g/mol. The number of likely N-dealkylation sites (N-methyl/N-ethyl adjacent to an activating group) is 1. The van der Waals surface area contributed by atoms with Crippen LogP contribution in [0.15, 0.2) is 24.3 Å². The van der Waals surface area contributed by atoms with Crippen LogP contribution < -0.4 is 5.32 Å². The van der Waals surface area contributed by atoms with Gasteiger partial charge in [-0.2, -0.15) is 0 Å². The third kappa shape index (κ3) is 4.05. The Morgan fingerprint density at radius 2 is 2.00 bits per heavy atom. The summed E-state index contributed by atoms with van der Waals surface area (Å²) in [5.74, 6) is -0.0897. The summed E-state index contributed by atoms with van der Waals surface area (Å²) in [4.78, 5) is 4.69. The van der Waals surface area contributed by atoms with Gasteiger partial charge in [-0.15, -0.1) is 0 Å². The van der Waals surface area contributed by atoms with E-state index in [-0.39, 0.29) is 5.82 Å². The van der Waals surface area contributed by atoms with E-state index >= 15 is 0 Å². The van der Waals surface area contributed by atoms with Crippen LogP contribution in [-0.4, -0.2) is 56.2 Å². The van der Waals surface area contributed by atoms with E-state index in [0.717, 1.165) is 51.4 Å². The molecule has 0 atom stereocenters. The minimum Gasteiger partial charge on any atom is -0.314 e. The average molecular weight is 251 g/mol. The highest BCUT2D eigenvalue weighted by atomic mass is 19.1. The van der Waals surface area contributed by atoms with Crippen molar-refractivity contribution < 1.29 is 4.39 Å². The van der Waals surface area contributed by atoms with Crippen LogP contribution >= 0.6 is 0 Å². The molecule has 1 N–H and O–H groups in total. The Morgan fingerprint density at radius 1 is 1.28 bits per heavy atom. The Hall–Kier alpha value is -0.970. The molecule has 100 valence electrons. The first kappa shape index (κ1) is 13.5. The molecule has 1 aromatic carbocycles. The zero-order valence-corrected chi connectivity index (χ0v) is 11.0. The molecule has 1 aromatic rings. The van der Waals surface area contributed by atoms with Crippen LogP contribution in [0, 0.1) is 5.82 Å². The van der Waals surface area contributed by atoms with E-state index in [1.165, 1.54) is 6.07 Å². The number of halogens is 1. The van der Waals surface area contributed by atoms with Crippen molar-refractivity contribution in [2.75, 3.05) is 46.4 Å². The van der Waals surface area contributed by atoms with E-state index < -0.39 is 0 Å². The Balaban J connectivity index is 1.74. The standard InChI is InChI=1S/C14H22FN3/c1-17(12-18-10-7-16-8-11-18)9-6-13-4-2-3-5-14(13)15/h2-5,16H,6-12H2,1H3. The molecule has 2 rings (SSSR count). The second-order valence-electron chi connectivity index (χ2n) is 4.93. The predicted molar refractivity (Wildman–Crippen MR) is 72.0 cm³/mol. The van der Waals surface area contributed by atoms with Crippen molar-refractivity contribution in [1.82, 2.24) is 15.1 Å². The van der Waals surface area contributed by atoms with E-state index in [0.29, 0.717) is 0 Å². The molecule has 0 radical (unpaired) electrons. The van der Waals surface area contributed by atoms with Gasteiger partial charge in [0.2, 0.25) is 0 Å². The average Bonchev–Trinajstić information content (AvgIpc) is 2.39. The number of hydrogen-bond acceptors (Lipinski definition) is 3. The number of nitrogens with zero attached hydrogens (tertiary/aromatic N) is 2. The van der Waals surface area contributed by atoms with E-state index in [1.54, 1.807) is 6.07 Å². The lowest BCUT2D eigenvalue weighted by atomic mass is 10.1. The van der Waals surface area contributed by atoms with Crippen LogP contribution in [-0.2, 0) is 6.42 Å². The summed E-state index contributed by atoms with van der Waals surface area (Å²) in [6, 6.07) is 7.04. The zero-order valence-electron chi connectivity index (χ0n) is 11.0. The van der Waals surface area contributed by atoms with Crippen LogP contribution in [0.25, 0.3) is 0 Å². The molecule has 1 saturated heterocycles. The number of benzene rings is 1. The number of hydrogen-bond donors (Lipinski definition) is 1. The molecular formula is C14H22FN3. The highest BCUT2D eigenvalue weighted by Gasteiger charge is 2.11. The molecule has 3 nitrogen and oxygen atoms in total. The molecule has 0 bridgehead atoms. The highest BCUT2D eigenvalue weighted by molar-refractivity contribution is 5.17. The molecule has 0 saturated carbocycles. The molecule has 0 spiro atoms. The second-order valence-corrected chi connectivity index (χ2v) is 4.93. The minimum absolute atomic E-state index is 0.0897. The molecule has 1 aliphatic heterocycles. The van der Waals surface area contributed by atoms with Gasteiger partial charge in [0.05, 0.1) is 6.67 Å². The van der Waals surface area contributed by atoms with Crippen LogP contribution in [0.4, 0.5) is 4.39 Å². The van der Waals surface area contributed by atoms with Gasteiger partial charge in [-0.1, -0.05) is 18.2 Å². The van der Waals surface area contributed by atoms with Crippen molar-refractivity contribution in [3.05, 3.63) is 35.6 Å². The monoisotopic (exact) mass is 251 g/mol. The third-order valence-electron chi connectivity index (χ3n) is 3.37. The van der Waals surface area contributed by atoms with Crippen molar-refractivity contribution in [3.63, 3.8) is 0 Å². The summed E-state index contributed by atoms with van der Waals surface area (Å²) in [6.45, 7) is 6.21. The first-order valence-electron chi connectivity index (χ1n) is 6.61. The van der Waals surface area contributed by atoms with Gasteiger partial charge in [-0.25, -0.2) is 4.39 Å². The molecule has 1 aliphatic rings. The maximum atomic E-state index is 13.5. The van der Waals surface area contributed by atoms with Gasteiger partial charge in [0.15, 0.2) is 0 Å². The van der Waals surface area contributed by atoms with Gasteiger partial charge in [-0.3, -0.25) is 9.80 Å². The maximum Gasteiger partial charge on any atom is 0.126 e. The van der Waals surface area contributed by atoms with E-state index in [1.807, 2.05) is 12.1 Å². The molecule has 18 heavy (non-hydrogen) atoms. The fourth-order valence-corrected chi connectivity index (χ4v) is 2.28. The van der Waals surface area contributed by atoms with E-state index in [4.69, 9.17) is 0 Å². The normalized spacial score (nSPS) is 17.3. The van der Waals surface area contributed by atoms with E-state index in [2.05, 4.69) is 22.2 Å². The molecule has 0 aliphatic carbocycles. The Bertz CT molecular complexity index is 364. The summed E-state index contributed by atoms with van der Waals surface area (Å²) in [5.41, 5.74) is 0.810. The smallest absolute Gasteiger partial charge is 0.126 e.